The Hall–Kier alpha value is -1.23. The fourth-order valence-electron chi connectivity index (χ4n) is 1.97. The van der Waals surface area contributed by atoms with E-state index in [0.717, 1.165) is 27.1 Å². The van der Waals surface area contributed by atoms with E-state index in [4.69, 9.17) is 10.1 Å². The van der Waals surface area contributed by atoms with Crippen LogP contribution in [-0.2, 0) is 18.1 Å². The van der Waals surface area contributed by atoms with Gasteiger partial charge in [-0.2, -0.15) is 0 Å². The van der Waals surface area contributed by atoms with Crippen LogP contribution in [0.25, 0.3) is 0 Å². The number of thioether (sulfide) groups is 2. The minimum atomic E-state index is 0.104. The molecule has 102 valence electrons. The van der Waals surface area contributed by atoms with Crippen molar-refractivity contribution in [2.24, 2.45) is 4.99 Å². The highest BCUT2D eigenvalue weighted by molar-refractivity contribution is 8.38. The number of hydrogen-bond donors (Lipinski definition) is 1. The highest BCUT2D eigenvalue weighted by atomic mass is 32.2. The molecular formula is C16H15NOS2. The van der Waals surface area contributed by atoms with E-state index in [0.29, 0.717) is 0 Å². The second-order valence-electron chi connectivity index (χ2n) is 4.56. The number of benzene rings is 2. The third-order valence-corrected chi connectivity index (χ3v) is 5.44. The Morgan fingerprint density at radius 1 is 1.05 bits per heavy atom. The highest BCUT2D eigenvalue weighted by Gasteiger charge is 2.12. The van der Waals surface area contributed by atoms with E-state index >= 15 is 0 Å². The van der Waals surface area contributed by atoms with Crippen molar-refractivity contribution < 1.29 is 5.11 Å². The molecule has 0 atom stereocenters. The van der Waals surface area contributed by atoms with Crippen LogP contribution in [0.4, 0.5) is 5.69 Å². The standard InChI is InChI=1S/C16H15NOS2/c18-9-12-5-7-13(8-6-12)10-19-16-17-15-4-2-1-3-14(15)11-20-16/h1-8,18H,9-11H2. The van der Waals surface area contributed by atoms with Crippen molar-refractivity contribution in [1.82, 2.24) is 0 Å². The molecule has 0 aromatic heterocycles. The number of nitrogens with zero attached hydrogens (tertiary/aromatic N) is 1. The molecule has 1 aliphatic heterocycles. The lowest BCUT2D eigenvalue weighted by atomic mass is 10.2. The Bertz CT molecular complexity index is 623. The van der Waals surface area contributed by atoms with E-state index in [-0.39, 0.29) is 6.61 Å². The summed E-state index contributed by atoms with van der Waals surface area (Å²) in [6.45, 7) is 0.104. The van der Waals surface area contributed by atoms with Crippen molar-refractivity contribution in [3.63, 3.8) is 0 Å². The van der Waals surface area contributed by atoms with Gasteiger partial charge in [0.25, 0.3) is 0 Å². The molecule has 0 bridgehead atoms. The number of aliphatic hydroxyl groups excluding tert-OH is 1. The van der Waals surface area contributed by atoms with Crippen LogP contribution in [0.3, 0.4) is 0 Å². The third-order valence-electron chi connectivity index (χ3n) is 3.12. The number of aliphatic hydroxyl groups is 1. The summed E-state index contributed by atoms with van der Waals surface area (Å²) < 4.78 is 1.13. The third kappa shape index (κ3) is 3.26. The highest BCUT2D eigenvalue weighted by Crippen LogP contribution is 2.35. The first-order valence-corrected chi connectivity index (χ1v) is 8.43. The van der Waals surface area contributed by atoms with Gasteiger partial charge in [-0.1, -0.05) is 66.0 Å². The minimum absolute atomic E-state index is 0.104. The number of aliphatic imine (C=N–C) groups is 1. The van der Waals surface area contributed by atoms with Crippen LogP contribution in [-0.4, -0.2) is 9.48 Å². The van der Waals surface area contributed by atoms with Crippen molar-refractivity contribution in [2.45, 2.75) is 18.1 Å². The monoisotopic (exact) mass is 301 g/mol. The summed E-state index contributed by atoms with van der Waals surface area (Å²) in [5.74, 6) is 1.92. The first-order valence-electron chi connectivity index (χ1n) is 6.46. The normalized spacial score (nSPS) is 13.8. The van der Waals surface area contributed by atoms with Crippen LogP contribution in [0, 0.1) is 0 Å². The van der Waals surface area contributed by atoms with Gasteiger partial charge in [-0.3, -0.25) is 0 Å². The van der Waals surface area contributed by atoms with Crippen molar-refractivity contribution in [1.29, 1.82) is 0 Å². The van der Waals surface area contributed by atoms with E-state index in [1.807, 2.05) is 18.2 Å². The topological polar surface area (TPSA) is 32.6 Å². The molecule has 0 saturated heterocycles. The van der Waals surface area contributed by atoms with Crippen LogP contribution in [0.2, 0.25) is 0 Å². The van der Waals surface area contributed by atoms with Gasteiger partial charge in [-0.05, 0) is 22.8 Å². The Balaban J connectivity index is 1.65. The van der Waals surface area contributed by atoms with E-state index in [9.17, 15) is 0 Å². The summed E-state index contributed by atoms with van der Waals surface area (Å²) in [7, 11) is 0. The Morgan fingerprint density at radius 2 is 1.80 bits per heavy atom. The van der Waals surface area contributed by atoms with Crippen LogP contribution in [0.1, 0.15) is 16.7 Å². The maximum atomic E-state index is 9.03. The SMILES string of the molecule is OCc1ccc(CSC2=Nc3ccccc3CS2)cc1. The average Bonchev–Trinajstić information content (AvgIpc) is 2.53. The summed E-state index contributed by atoms with van der Waals surface area (Å²) in [4.78, 5) is 4.70. The second kappa shape index (κ2) is 6.48. The quantitative estimate of drug-likeness (QED) is 0.915. The maximum Gasteiger partial charge on any atom is 0.131 e. The van der Waals surface area contributed by atoms with Gasteiger partial charge in [0.15, 0.2) is 0 Å². The minimum Gasteiger partial charge on any atom is -0.392 e. The lowest BCUT2D eigenvalue weighted by Crippen LogP contribution is -1.96. The van der Waals surface area contributed by atoms with Gasteiger partial charge in [-0.25, -0.2) is 4.99 Å². The molecule has 2 nitrogen and oxygen atoms in total. The van der Waals surface area contributed by atoms with Crippen molar-refractivity contribution in [3.05, 3.63) is 65.2 Å². The number of fused-ring (bicyclic) bond motifs is 1. The molecule has 0 unspecified atom stereocenters. The second-order valence-corrected chi connectivity index (χ2v) is 6.74. The molecule has 1 aliphatic rings. The summed E-state index contributed by atoms with van der Waals surface area (Å²) in [5, 5.41) is 9.03. The number of para-hydroxylation sites is 1. The van der Waals surface area contributed by atoms with Crippen LogP contribution >= 0.6 is 23.5 Å². The van der Waals surface area contributed by atoms with Crippen LogP contribution < -0.4 is 0 Å². The van der Waals surface area contributed by atoms with Gasteiger partial charge < -0.3 is 5.11 Å². The number of hydrogen-bond acceptors (Lipinski definition) is 4. The maximum absolute atomic E-state index is 9.03. The first kappa shape index (κ1) is 13.7. The molecule has 0 saturated carbocycles. The smallest absolute Gasteiger partial charge is 0.131 e. The predicted octanol–water partition coefficient (Wildman–Crippen LogP) is 4.35. The zero-order valence-electron chi connectivity index (χ0n) is 11.0. The number of rotatable bonds is 3. The van der Waals surface area contributed by atoms with E-state index in [1.165, 1.54) is 11.1 Å². The molecule has 0 fully saturated rings. The molecule has 0 radical (unpaired) electrons. The average molecular weight is 301 g/mol. The molecule has 3 rings (SSSR count). The zero-order valence-corrected chi connectivity index (χ0v) is 12.6. The summed E-state index contributed by atoms with van der Waals surface area (Å²) in [6, 6.07) is 16.4. The largest absolute Gasteiger partial charge is 0.392 e. The van der Waals surface area contributed by atoms with E-state index in [1.54, 1.807) is 23.5 Å². The van der Waals surface area contributed by atoms with E-state index < -0.39 is 0 Å². The van der Waals surface area contributed by atoms with Gasteiger partial charge in [-0.15, -0.1) is 0 Å². The van der Waals surface area contributed by atoms with Gasteiger partial charge in [0, 0.05) is 11.5 Å². The molecule has 2 aromatic rings. The molecule has 1 N–H and O–H groups in total. The Labute approximate surface area is 127 Å². The van der Waals surface area contributed by atoms with Crippen LogP contribution in [0.5, 0.6) is 0 Å². The molecular weight excluding hydrogens is 286 g/mol. The molecule has 2 aromatic carbocycles. The molecule has 1 heterocycles. The predicted molar refractivity (Wildman–Crippen MR) is 88.5 cm³/mol. The fraction of sp³-hybridized carbons (Fsp3) is 0.188. The Kier molecular flexibility index (Phi) is 4.45. The lowest BCUT2D eigenvalue weighted by molar-refractivity contribution is 0.282. The van der Waals surface area contributed by atoms with Gasteiger partial charge >= 0.3 is 0 Å². The molecule has 0 aliphatic carbocycles. The molecule has 4 heteroatoms. The molecule has 0 spiro atoms. The van der Waals surface area contributed by atoms with E-state index in [2.05, 4.69) is 30.3 Å². The molecule has 0 amide bonds. The van der Waals surface area contributed by atoms with Gasteiger partial charge in [0.1, 0.15) is 4.38 Å². The zero-order chi connectivity index (χ0) is 13.8. The van der Waals surface area contributed by atoms with Crippen molar-refractivity contribution >= 4 is 33.6 Å². The first-order chi connectivity index (χ1) is 9.85. The van der Waals surface area contributed by atoms with Gasteiger partial charge in [0.2, 0.25) is 0 Å². The van der Waals surface area contributed by atoms with Crippen molar-refractivity contribution in [3.8, 4) is 0 Å². The van der Waals surface area contributed by atoms with Crippen LogP contribution in [0.15, 0.2) is 53.5 Å². The molecule has 20 heavy (non-hydrogen) atoms. The fourth-order valence-corrected chi connectivity index (χ4v) is 3.99. The summed E-state index contributed by atoms with van der Waals surface area (Å²) in [6.07, 6.45) is 0. The summed E-state index contributed by atoms with van der Waals surface area (Å²) >= 11 is 3.58. The Morgan fingerprint density at radius 3 is 2.60 bits per heavy atom. The lowest BCUT2D eigenvalue weighted by Gasteiger charge is -2.14. The van der Waals surface area contributed by atoms with Gasteiger partial charge in [0.05, 0.1) is 12.3 Å². The summed E-state index contributed by atoms with van der Waals surface area (Å²) in [5.41, 5.74) is 4.63. The van der Waals surface area contributed by atoms with Crippen molar-refractivity contribution in [2.75, 3.05) is 0 Å².